The molecular formula is C10H17N3O2S2. The summed E-state index contributed by atoms with van der Waals surface area (Å²) in [7, 11) is 0. The van der Waals surface area contributed by atoms with Gasteiger partial charge in [0.1, 0.15) is 5.01 Å². The van der Waals surface area contributed by atoms with Crippen molar-refractivity contribution in [3.05, 3.63) is 5.01 Å². The van der Waals surface area contributed by atoms with E-state index in [9.17, 15) is 4.79 Å². The number of ether oxygens (including phenoxy) is 1. The molecule has 17 heavy (non-hydrogen) atoms. The van der Waals surface area contributed by atoms with Crippen LogP contribution in [0.1, 0.15) is 25.3 Å². The first-order valence-electron chi connectivity index (χ1n) is 5.55. The lowest BCUT2D eigenvalue weighted by Gasteiger charge is -1.99. The second-order valence-corrected chi connectivity index (χ2v) is 5.27. The number of nitrogens with one attached hydrogen (secondary N) is 1. The van der Waals surface area contributed by atoms with Gasteiger partial charge in [-0.2, -0.15) is 0 Å². The molecule has 0 saturated carbocycles. The number of hydrogen-bond acceptors (Lipinski definition) is 7. The fourth-order valence-electron chi connectivity index (χ4n) is 1.04. The summed E-state index contributed by atoms with van der Waals surface area (Å²) in [5, 5.41) is 13.0. The van der Waals surface area contributed by atoms with E-state index in [0.29, 0.717) is 18.1 Å². The Morgan fingerprint density at radius 3 is 3.00 bits per heavy atom. The molecule has 0 aliphatic rings. The molecule has 0 aromatic carbocycles. The number of aromatic nitrogens is 2. The Bertz CT molecular complexity index is 344. The Labute approximate surface area is 109 Å². The van der Waals surface area contributed by atoms with Crippen molar-refractivity contribution in [1.29, 1.82) is 0 Å². The summed E-state index contributed by atoms with van der Waals surface area (Å²) >= 11 is 3.03. The first kappa shape index (κ1) is 14.2. The molecule has 1 rings (SSSR count). The highest BCUT2D eigenvalue weighted by Crippen LogP contribution is 2.20. The van der Waals surface area contributed by atoms with Gasteiger partial charge >= 0.3 is 5.97 Å². The van der Waals surface area contributed by atoms with Gasteiger partial charge in [0.05, 0.1) is 12.4 Å². The van der Waals surface area contributed by atoms with Crippen molar-refractivity contribution in [2.45, 2.75) is 26.0 Å². The number of anilines is 1. The molecule has 1 heterocycles. The van der Waals surface area contributed by atoms with Crippen LogP contribution in [0.5, 0.6) is 0 Å². The van der Waals surface area contributed by atoms with Crippen molar-refractivity contribution in [3.63, 3.8) is 0 Å². The van der Waals surface area contributed by atoms with Crippen molar-refractivity contribution in [3.8, 4) is 0 Å². The van der Waals surface area contributed by atoms with Gasteiger partial charge < -0.3 is 10.1 Å². The standard InChI is InChI=1S/C10H17N3O2S2/c1-3-5-11-10-13-12-8(17-10)6-16-7-9(14)15-4-2/h3-7H2,1-2H3,(H,11,13). The Morgan fingerprint density at radius 1 is 1.47 bits per heavy atom. The zero-order chi connectivity index (χ0) is 12.5. The Morgan fingerprint density at radius 2 is 2.29 bits per heavy atom. The molecule has 0 aliphatic heterocycles. The second kappa shape index (κ2) is 8.30. The number of carbonyl (C=O) groups is 1. The van der Waals surface area contributed by atoms with Gasteiger partial charge in [0, 0.05) is 12.3 Å². The van der Waals surface area contributed by atoms with Gasteiger partial charge in [-0.1, -0.05) is 18.3 Å². The van der Waals surface area contributed by atoms with Crippen molar-refractivity contribution in [2.24, 2.45) is 0 Å². The average molecular weight is 275 g/mol. The summed E-state index contributed by atoms with van der Waals surface area (Å²) < 4.78 is 4.83. The van der Waals surface area contributed by atoms with Crippen molar-refractivity contribution in [1.82, 2.24) is 10.2 Å². The summed E-state index contributed by atoms with van der Waals surface area (Å²) in [5.41, 5.74) is 0. The molecule has 0 radical (unpaired) electrons. The normalized spacial score (nSPS) is 10.2. The van der Waals surface area contributed by atoms with Gasteiger partial charge in [-0.15, -0.1) is 22.0 Å². The van der Waals surface area contributed by atoms with Crippen molar-refractivity contribution < 1.29 is 9.53 Å². The summed E-state index contributed by atoms with van der Waals surface area (Å²) in [6, 6.07) is 0. The molecule has 0 saturated heterocycles. The van der Waals surface area contributed by atoms with E-state index in [-0.39, 0.29) is 5.97 Å². The van der Waals surface area contributed by atoms with E-state index in [0.717, 1.165) is 23.1 Å². The monoisotopic (exact) mass is 275 g/mol. The zero-order valence-electron chi connectivity index (χ0n) is 10.1. The smallest absolute Gasteiger partial charge is 0.315 e. The molecule has 0 fully saturated rings. The fraction of sp³-hybridized carbons (Fsp3) is 0.700. The quantitative estimate of drug-likeness (QED) is 0.733. The topological polar surface area (TPSA) is 64.1 Å². The van der Waals surface area contributed by atoms with Crippen LogP contribution >= 0.6 is 23.1 Å². The van der Waals surface area contributed by atoms with Gasteiger partial charge in [-0.25, -0.2) is 0 Å². The van der Waals surface area contributed by atoms with Crippen LogP contribution < -0.4 is 5.32 Å². The Kier molecular flexibility index (Phi) is 6.95. The second-order valence-electron chi connectivity index (χ2n) is 3.23. The molecule has 7 heteroatoms. The fourth-order valence-corrected chi connectivity index (χ4v) is 2.67. The third-order valence-corrected chi connectivity index (χ3v) is 3.72. The first-order chi connectivity index (χ1) is 8.26. The van der Waals surface area contributed by atoms with Gasteiger partial charge in [-0.05, 0) is 13.3 Å². The van der Waals surface area contributed by atoms with E-state index in [1.54, 1.807) is 6.92 Å². The van der Waals surface area contributed by atoms with Crippen LogP contribution in [0, 0.1) is 0 Å². The molecule has 0 aliphatic carbocycles. The highest BCUT2D eigenvalue weighted by atomic mass is 32.2. The number of hydrogen-bond donors (Lipinski definition) is 1. The number of nitrogens with zero attached hydrogens (tertiary/aromatic N) is 2. The predicted molar refractivity (Wildman–Crippen MR) is 71.5 cm³/mol. The summed E-state index contributed by atoms with van der Waals surface area (Å²) in [5.74, 6) is 0.890. The van der Waals surface area contributed by atoms with Gasteiger partial charge in [0.15, 0.2) is 0 Å². The van der Waals surface area contributed by atoms with Crippen LogP contribution in [-0.4, -0.2) is 35.1 Å². The van der Waals surface area contributed by atoms with Gasteiger partial charge in [0.25, 0.3) is 0 Å². The molecule has 1 aromatic heterocycles. The molecule has 1 aromatic rings. The van der Waals surface area contributed by atoms with Gasteiger partial charge in [0.2, 0.25) is 5.13 Å². The van der Waals surface area contributed by atoms with Crippen molar-refractivity contribution >= 4 is 34.2 Å². The maximum absolute atomic E-state index is 11.1. The highest BCUT2D eigenvalue weighted by Gasteiger charge is 2.06. The maximum atomic E-state index is 11.1. The van der Waals surface area contributed by atoms with Crippen LogP contribution in [-0.2, 0) is 15.3 Å². The largest absolute Gasteiger partial charge is 0.465 e. The molecule has 0 unspecified atom stereocenters. The van der Waals surface area contributed by atoms with E-state index in [4.69, 9.17) is 4.74 Å². The minimum Gasteiger partial charge on any atom is -0.465 e. The summed E-state index contributed by atoms with van der Waals surface area (Å²) in [4.78, 5) is 11.1. The summed E-state index contributed by atoms with van der Waals surface area (Å²) in [6.07, 6.45) is 1.06. The molecule has 0 bridgehead atoms. The minimum absolute atomic E-state index is 0.175. The van der Waals surface area contributed by atoms with Crippen LogP contribution in [0.15, 0.2) is 0 Å². The minimum atomic E-state index is -0.175. The van der Waals surface area contributed by atoms with Crippen LogP contribution in [0.4, 0.5) is 5.13 Å². The van der Waals surface area contributed by atoms with E-state index in [1.807, 2.05) is 0 Å². The Hall–Kier alpha value is -0.820. The Balaban J connectivity index is 2.22. The van der Waals surface area contributed by atoms with E-state index in [1.165, 1.54) is 23.1 Å². The third-order valence-electron chi connectivity index (χ3n) is 1.74. The maximum Gasteiger partial charge on any atom is 0.315 e. The van der Waals surface area contributed by atoms with E-state index >= 15 is 0 Å². The molecule has 5 nitrogen and oxygen atoms in total. The lowest BCUT2D eigenvalue weighted by molar-refractivity contribution is -0.139. The SMILES string of the molecule is CCCNc1nnc(CSCC(=O)OCC)s1. The third kappa shape index (κ3) is 5.88. The zero-order valence-corrected chi connectivity index (χ0v) is 11.7. The lowest BCUT2D eigenvalue weighted by Crippen LogP contribution is -2.06. The number of rotatable bonds is 8. The van der Waals surface area contributed by atoms with Crippen LogP contribution in [0.25, 0.3) is 0 Å². The van der Waals surface area contributed by atoms with Crippen LogP contribution in [0.3, 0.4) is 0 Å². The van der Waals surface area contributed by atoms with E-state index < -0.39 is 0 Å². The molecule has 1 N–H and O–H groups in total. The van der Waals surface area contributed by atoms with Crippen molar-refractivity contribution in [2.75, 3.05) is 24.2 Å². The summed E-state index contributed by atoms with van der Waals surface area (Å²) in [6.45, 7) is 5.25. The highest BCUT2D eigenvalue weighted by molar-refractivity contribution is 7.99. The number of esters is 1. The van der Waals surface area contributed by atoms with Gasteiger partial charge in [-0.3, -0.25) is 4.79 Å². The number of carbonyl (C=O) groups excluding carboxylic acids is 1. The molecular weight excluding hydrogens is 258 g/mol. The lowest BCUT2D eigenvalue weighted by atomic mass is 10.5. The van der Waals surface area contributed by atoms with E-state index in [2.05, 4.69) is 22.4 Å². The predicted octanol–water partition coefficient (Wildman–Crippen LogP) is 2.16. The molecule has 0 amide bonds. The van der Waals surface area contributed by atoms with Crippen LogP contribution in [0.2, 0.25) is 0 Å². The number of thioether (sulfide) groups is 1. The first-order valence-corrected chi connectivity index (χ1v) is 7.53. The molecule has 0 atom stereocenters. The molecule has 96 valence electrons. The average Bonchev–Trinajstić information content (AvgIpc) is 2.75. The molecule has 0 spiro atoms.